The van der Waals surface area contributed by atoms with Gasteiger partial charge in [0.2, 0.25) is 0 Å². The van der Waals surface area contributed by atoms with Gasteiger partial charge in [0, 0.05) is 6.21 Å². The Morgan fingerprint density at radius 2 is 2.00 bits per heavy atom. The molecule has 11 heavy (non-hydrogen) atoms. The van der Waals surface area contributed by atoms with Crippen molar-refractivity contribution in [2.24, 2.45) is 11.1 Å². The van der Waals surface area contributed by atoms with Gasteiger partial charge >= 0.3 is 0 Å². The first kappa shape index (κ1) is 8.57. The van der Waals surface area contributed by atoms with E-state index in [9.17, 15) is 0 Å². The van der Waals surface area contributed by atoms with Gasteiger partial charge in [0.05, 0.1) is 0 Å². The molecule has 1 saturated carbocycles. The molecule has 0 amide bonds. The number of oxime groups is 1. The number of hydrogen-bond acceptors (Lipinski definition) is 2. The van der Waals surface area contributed by atoms with E-state index in [0.29, 0.717) is 0 Å². The lowest BCUT2D eigenvalue weighted by Gasteiger charge is -2.20. The summed E-state index contributed by atoms with van der Waals surface area (Å²) in [5, 5.41) is 11.2. The molecule has 1 aliphatic carbocycles. The lowest BCUT2D eigenvalue weighted by atomic mass is 9.86. The molecule has 64 valence electrons. The zero-order valence-electron chi connectivity index (χ0n) is 7.00. The molecule has 2 nitrogen and oxygen atoms in total. The molecule has 1 fully saturated rings. The van der Waals surface area contributed by atoms with Gasteiger partial charge in [0.15, 0.2) is 0 Å². The van der Waals surface area contributed by atoms with Crippen molar-refractivity contribution in [3.05, 3.63) is 0 Å². The lowest BCUT2D eigenvalue weighted by molar-refractivity contribution is 0.316. The fourth-order valence-electron chi connectivity index (χ4n) is 1.84. The van der Waals surface area contributed by atoms with E-state index in [1.54, 1.807) is 6.21 Å². The Kier molecular flexibility index (Phi) is 4.02. The second kappa shape index (κ2) is 5.16. The summed E-state index contributed by atoms with van der Waals surface area (Å²) in [6.07, 6.45) is 10.8. The quantitative estimate of drug-likeness (QED) is 0.379. The summed E-state index contributed by atoms with van der Waals surface area (Å²) in [6, 6.07) is 0. The van der Waals surface area contributed by atoms with Crippen LogP contribution in [0.4, 0.5) is 0 Å². The van der Waals surface area contributed by atoms with Crippen molar-refractivity contribution in [2.75, 3.05) is 0 Å². The Morgan fingerprint density at radius 1 is 1.27 bits per heavy atom. The fraction of sp³-hybridized carbons (Fsp3) is 0.889. The van der Waals surface area contributed by atoms with Crippen molar-refractivity contribution in [3.63, 3.8) is 0 Å². The van der Waals surface area contributed by atoms with Crippen LogP contribution in [0, 0.1) is 5.92 Å². The maximum absolute atomic E-state index is 8.17. The van der Waals surface area contributed by atoms with E-state index in [-0.39, 0.29) is 0 Å². The van der Waals surface area contributed by atoms with E-state index in [1.165, 1.54) is 38.5 Å². The summed E-state index contributed by atoms with van der Waals surface area (Å²) in [5.74, 6) is 0.904. The van der Waals surface area contributed by atoms with Crippen molar-refractivity contribution in [1.82, 2.24) is 0 Å². The summed E-state index contributed by atoms with van der Waals surface area (Å²) in [4.78, 5) is 0. The van der Waals surface area contributed by atoms with Crippen LogP contribution in [0.2, 0.25) is 0 Å². The molecule has 0 spiro atoms. The van der Waals surface area contributed by atoms with Gasteiger partial charge in [-0.15, -0.1) is 5.16 Å². The van der Waals surface area contributed by atoms with E-state index in [0.717, 1.165) is 12.3 Å². The Labute approximate surface area is 68.3 Å². The van der Waals surface area contributed by atoms with Gasteiger partial charge in [0.25, 0.3) is 0 Å². The number of rotatable bonds is 3. The second-order valence-electron chi connectivity index (χ2n) is 3.38. The maximum atomic E-state index is 8.17. The van der Waals surface area contributed by atoms with Crippen LogP contribution in [0.3, 0.4) is 0 Å². The zero-order chi connectivity index (χ0) is 7.94. The average Bonchev–Trinajstić information content (AvgIpc) is 2.07. The van der Waals surface area contributed by atoms with Crippen LogP contribution >= 0.6 is 0 Å². The molecule has 1 rings (SSSR count). The average molecular weight is 155 g/mol. The zero-order valence-corrected chi connectivity index (χ0v) is 7.00. The van der Waals surface area contributed by atoms with Gasteiger partial charge in [0.1, 0.15) is 0 Å². The summed E-state index contributed by atoms with van der Waals surface area (Å²) >= 11 is 0. The third-order valence-electron chi connectivity index (χ3n) is 2.51. The standard InChI is InChI=1S/C9H17NO/c11-10-8-4-7-9-5-2-1-3-6-9/h8-9,11H,1-7H2/b10-8+. The smallest absolute Gasteiger partial charge is 0.0436 e. The monoisotopic (exact) mass is 155 g/mol. The molecular weight excluding hydrogens is 138 g/mol. The third kappa shape index (κ3) is 3.40. The minimum absolute atomic E-state index is 0.904. The van der Waals surface area contributed by atoms with Crippen LogP contribution in [0.25, 0.3) is 0 Å². The molecule has 0 aliphatic heterocycles. The minimum atomic E-state index is 0.904. The van der Waals surface area contributed by atoms with Crippen molar-refractivity contribution >= 4 is 6.21 Å². The van der Waals surface area contributed by atoms with E-state index >= 15 is 0 Å². The van der Waals surface area contributed by atoms with Gasteiger partial charge in [-0.1, -0.05) is 32.1 Å². The van der Waals surface area contributed by atoms with Crippen molar-refractivity contribution < 1.29 is 5.21 Å². The highest BCUT2D eigenvalue weighted by molar-refractivity contribution is 5.55. The summed E-state index contributed by atoms with van der Waals surface area (Å²) < 4.78 is 0. The Balaban J connectivity index is 2.04. The maximum Gasteiger partial charge on any atom is 0.0436 e. The number of hydrogen-bond donors (Lipinski definition) is 1. The summed E-state index contributed by atoms with van der Waals surface area (Å²) in [5.41, 5.74) is 0. The predicted molar refractivity (Wildman–Crippen MR) is 46.1 cm³/mol. The molecular formula is C9H17NO. The lowest BCUT2D eigenvalue weighted by Crippen LogP contribution is -2.05. The van der Waals surface area contributed by atoms with Crippen molar-refractivity contribution in [1.29, 1.82) is 0 Å². The Bertz CT molecular complexity index is 117. The van der Waals surface area contributed by atoms with Crippen LogP contribution in [0.1, 0.15) is 44.9 Å². The molecule has 0 unspecified atom stereocenters. The highest BCUT2D eigenvalue weighted by Gasteiger charge is 2.11. The van der Waals surface area contributed by atoms with Crippen LogP contribution < -0.4 is 0 Å². The molecule has 0 aromatic rings. The first-order chi connectivity index (χ1) is 5.43. The summed E-state index contributed by atoms with van der Waals surface area (Å²) in [7, 11) is 0. The Morgan fingerprint density at radius 3 is 2.64 bits per heavy atom. The minimum Gasteiger partial charge on any atom is -0.411 e. The molecule has 0 atom stereocenters. The van der Waals surface area contributed by atoms with Gasteiger partial charge in [-0.05, 0) is 18.8 Å². The molecule has 1 N–H and O–H groups in total. The van der Waals surface area contributed by atoms with Crippen LogP contribution in [0.5, 0.6) is 0 Å². The van der Waals surface area contributed by atoms with E-state index in [4.69, 9.17) is 5.21 Å². The molecule has 2 heteroatoms. The largest absolute Gasteiger partial charge is 0.411 e. The SMILES string of the molecule is O/N=C/CCC1CCCCC1. The van der Waals surface area contributed by atoms with Gasteiger partial charge in [-0.2, -0.15) is 0 Å². The normalized spacial score (nSPS) is 21.1. The van der Waals surface area contributed by atoms with Crippen LogP contribution in [-0.2, 0) is 0 Å². The van der Waals surface area contributed by atoms with Gasteiger partial charge in [-0.25, -0.2) is 0 Å². The molecule has 0 aromatic carbocycles. The van der Waals surface area contributed by atoms with E-state index < -0.39 is 0 Å². The molecule has 0 radical (unpaired) electrons. The molecule has 0 aromatic heterocycles. The van der Waals surface area contributed by atoms with E-state index in [2.05, 4.69) is 5.16 Å². The predicted octanol–water partition coefficient (Wildman–Crippen LogP) is 2.81. The fourth-order valence-corrected chi connectivity index (χ4v) is 1.84. The first-order valence-electron chi connectivity index (χ1n) is 4.59. The third-order valence-corrected chi connectivity index (χ3v) is 2.51. The van der Waals surface area contributed by atoms with Crippen molar-refractivity contribution in [2.45, 2.75) is 44.9 Å². The molecule has 0 saturated heterocycles. The highest BCUT2D eigenvalue weighted by Crippen LogP contribution is 2.26. The summed E-state index contributed by atoms with van der Waals surface area (Å²) in [6.45, 7) is 0. The topological polar surface area (TPSA) is 32.6 Å². The van der Waals surface area contributed by atoms with Crippen molar-refractivity contribution in [3.8, 4) is 0 Å². The molecule has 1 aliphatic rings. The van der Waals surface area contributed by atoms with Gasteiger partial charge < -0.3 is 5.21 Å². The van der Waals surface area contributed by atoms with Crippen LogP contribution in [-0.4, -0.2) is 11.4 Å². The first-order valence-corrected chi connectivity index (χ1v) is 4.59. The number of nitrogens with zero attached hydrogens (tertiary/aromatic N) is 1. The van der Waals surface area contributed by atoms with Gasteiger partial charge in [-0.3, -0.25) is 0 Å². The van der Waals surface area contributed by atoms with Crippen LogP contribution in [0.15, 0.2) is 5.16 Å². The Hall–Kier alpha value is -0.530. The molecule has 0 bridgehead atoms. The van der Waals surface area contributed by atoms with E-state index in [1.807, 2.05) is 0 Å². The second-order valence-corrected chi connectivity index (χ2v) is 3.38. The molecule has 0 heterocycles. The highest BCUT2D eigenvalue weighted by atomic mass is 16.4.